The van der Waals surface area contributed by atoms with Crippen LogP contribution >= 0.6 is 0 Å². The van der Waals surface area contributed by atoms with E-state index in [4.69, 9.17) is 6.58 Å². The zero-order chi connectivity index (χ0) is 50.6. The third-order valence-electron chi connectivity index (χ3n) is 16.5. The first-order valence-electron chi connectivity index (χ1n) is 26.5. The summed E-state index contributed by atoms with van der Waals surface area (Å²) in [6.07, 6.45) is 7.85. The smallest absolute Gasteiger partial charge is 0.0710 e. The maximum atomic E-state index is 5.17. The number of allylic oxidation sites excluding steroid dienone is 5. The van der Waals surface area contributed by atoms with Crippen LogP contribution in [0.25, 0.3) is 61.2 Å². The SMILES string of the molecule is C=C1/C=C\C(c2ccccc2)=C/CC2(c3ccccc3-c3c(N(c4ccc(-c5ccccc5)cc4)c4ccc(-c5ccccc5)cc4)cccc32)c2cc(-c3ccccc3)ccc2C12c1ccccc1-c1ccccc12. The van der Waals surface area contributed by atoms with E-state index in [9.17, 15) is 0 Å². The number of hydrogen-bond donors (Lipinski definition) is 0. The van der Waals surface area contributed by atoms with E-state index in [1.54, 1.807) is 0 Å². The van der Waals surface area contributed by atoms with Crippen molar-refractivity contribution in [2.24, 2.45) is 0 Å². The van der Waals surface area contributed by atoms with Crippen LogP contribution in [0.2, 0.25) is 0 Å². The molecule has 0 heterocycles. The van der Waals surface area contributed by atoms with Crippen molar-refractivity contribution in [2.45, 2.75) is 17.3 Å². The number of rotatable bonds is 7. The molecule has 0 saturated heterocycles. The number of nitrogens with zero attached hydrogens (tertiary/aromatic N) is 1. The van der Waals surface area contributed by atoms with E-state index in [1.165, 1.54) is 100 Å². The molecule has 3 aliphatic rings. The molecular weight excluding hydrogens is 915 g/mol. The van der Waals surface area contributed by atoms with Crippen LogP contribution < -0.4 is 4.90 Å². The molecule has 0 bridgehead atoms. The molecule has 3 aliphatic carbocycles. The molecule has 0 radical (unpaired) electrons. The van der Waals surface area contributed by atoms with Crippen LogP contribution in [-0.2, 0) is 10.8 Å². The highest BCUT2D eigenvalue weighted by Gasteiger charge is 2.53. The second-order valence-electron chi connectivity index (χ2n) is 20.4. The summed E-state index contributed by atoms with van der Waals surface area (Å²) in [6, 6.07) is 103. The fraction of sp³-hybridized carbons (Fsp3) is 0.0400. The van der Waals surface area contributed by atoms with Gasteiger partial charge in [-0.05, 0) is 143 Å². The van der Waals surface area contributed by atoms with Gasteiger partial charge in [-0.2, -0.15) is 0 Å². The van der Waals surface area contributed by atoms with E-state index in [2.05, 4.69) is 302 Å². The average molecular weight is 968 g/mol. The molecule has 0 amide bonds. The Morgan fingerprint density at radius 3 is 1.30 bits per heavy atom. The molecule has 14 rings (SSSR count). The highest BCUT2D eigenvalue weighted by molar-refractivity contribution is 5.98. The first-order valence-corrected chi connectivity index (χ1v) is 26.5. The predicted molar refractivity (Wildman–Crippen MR) is 318 cm³/mol. The van der Waals surface area contributed by atoms with Gasteiger partial charge in [0.1, 0.15) is 0 Å². The molecule has 0 aromatic heterocycles. The van der Waals surface area contributed by atoms with Gasteiger partial charge < -0.3 is 4.90 Å². The lowest BCUT2D eigenvalue weighted by molar-refractivity contribution is 0.618. The van der Waals surface area contributed by atoms with Gasteiger partial charge in [-0.25, -0.2) is 0 Å². The van der Waals surface area contributed by atoms with Crippen LogP contribution in [0.5, 0.6) is 0 Å². The van der Waals surface area contributed by atoms with E-state index < -0.39 is 10.8 Å². The van der Waals surface area contributed by atoms with Crippen LogP contribution in [0.3, 0.4) is 0 Å². The molecular formula is C75H53N. The maximum absolute atomic E-state index is 5.17. The third kappa shape index (κ3) is 7.08. The molecule has 358 valence electrons. The summed E-state index contributed by atoms with van der Waals surface area (Å²) < 4.78 is 0. The molecule has 2 spiro atoms. The molecule has 1 unspecified atom stereocenters. The largest absolute Gasteiger partial charge is 0.310 e. The van der Waals surface area contributed by atoms with Gasteiger partial charge in [-0.1, -0.05) is 267 Å². The lowest BCUT2D eigenvalue weighted by Gasteiger charge is -2.42. The minimum Gasteiger partial charge on any atom is -0.310 e. The van der Waals surface area contributed by atoms with Crippen LogP contribution in [0, 0.1) is 0 Å². The Bertz CT molecular complexity index is 3930. The summed E-state index contributed by atoms with van der Waals surface area (Å²) in [5.74, 6) is 0. The molecule has 11 aromatic rings. The van der Waals surface area contributed by atoms with Gasteiger partial charge in [-0.3, -0.25) is 0 Å². The van der Waals surface area contributed by atoms with Gasteiger partial charge in [0.15, 0.2) is 0 Å². The average Bonchev–Trinajstić information content (AvgIpc) is 4.00. The van der Waals surface area contributed by atoms with Crippen molar-refractivity contribution in [3.63, 3.8) is 0 Å². The lowest BCUT2D eigenvalue weighted by atomic mass is 9.59. The summed E-state index contributed by atoms with van der Waals surface area (Å²) in [6.45, 7) is 5.17. The molecule has 76 heavy (non-hydrogen) atoms. The molecule has 1 atom stereocenters. The Morgan fingerprint density at radius 1 is 0.316 bits per heavy atom. The number of benzene rings is 11. The monoisotopic (exact) mass is 967 g/mol. The maximum Gasteiger partial charge on any atom is 0.0710 e. The van der Waals surface area contributed by atoms with Crippen LogP contribution in [0.4, 0.5) is 17.1 Å². The summed E-state index contributed by atoms with van der Waals surface area (Å²) in [4.78, 5) is 2.49. The van der Waals surface area contributed by atoms with E-state index in [0.717, 1.165) is 22.6 Å². The van der Waals surface area contributed by atoms with Gasteiger partial charge in [0.05, 0.1) is 16.5 Å². The highest BCUT2D eigenvalue weighted by atomic mass is 15.1. The number of anilines is 3. The summed E-state index contributed by atoms with van der Waals surface area (Å²) >= 11 is 0. The van der Waals surface area contributed by atoms with Crippen LogP contribution in [0.1, 0.15) is 45.4 Å². The van der Waals surface area contributed by atoms with Crippen LogP contribution in [0.15, 0.2) is 309 Å². The van der Waals surface area contributed by atoms with Gasteiger partial charge in [0.2, 0.25) is 0 Å². The Morgan fingerprint density at radius 2 is 0.750 bits per heavy atom. The summed E-state index contributed by atoms with van der Waals surface area (Å²) in [5.41, 5.74) is 24.9. The summed E-state index contributed by atoms with van der Waals surface area (Å²) in [5, 5.41) is 0. The van der Waals surface area contributed by atoms with Crippen molar-refractivity contribution in [3.05, 3.63) is 348 Å². The fourth-order valence-electron chi connectivity index (χ4n) is 13.1. The Labute approximate surface area is 446 Å². The molecule has 11 aromatic carbocycles. The second kappa shape index (κ2) is 18.4. The molecule has 1 heteroatoms. The van der Waals surface area contributed by atoms with E-state index in [0.29, 0.717) is 6.42 Å². The minimum absolute atomic E-state index is 0.687. The van der Waals surface area contributed by atoms with Gasteiger partial charge in [0.25, 0.3) is 0 Å². The lowest BCUT2D eigenvalue weighted by Crippen LogP contribution is -2.36. The van der Waals surface area contributed by atoms with Gasteiger partial charge in [-0.15, -0.1) is 0 Å². The number of hydrogen-bond acceptors (Lipinski definition) is 1. The second-order valence-corrected chi connectivity index (χ2v) is 20.4. The normalized spacial score (nSPS) is 16.6. The van der Waals surface area contributed by atoms with Crippen LogP contribution in [-0.4, -0.2) is 0 Å². The molecule has 0 N–H and O–H groups in total. The van der Waals surface area contributed by atoms with Gasteiger partial charge in [0, 0.05) is 16.9 Å². The first-order chi connectivity index (χ1) is 37.6. The topological polar surface area (TPSA) is 3.24 Å². The van der Waals surface area contributed by atoms with Crippen molar-refractivity contribution < 1.29 is 0 Å². The van der Waals surface area contributed by atoms with Gasteiger partial charge >= 0.3 is 0 Å². The molecule has 0 aliphatic heterocycles. The molecule has 1 nitrogen and oxygen atoms in total. The standard InChI is InChI=1S/C75H53N/c1-52-37-38-59(55-25-10-4-11-26-55)49-50-74(71-51-60(56-27-12-5-13-28-56)43-48-69(71)75(52)67-33-18-14-29-63(67)64-30-15-19-34-68(64)75)66-32-17-16-31-65(66)73-70(74)35-20-36-72(73)76(61-44-39-57(40-45-61)53-21-6-2-7-22-53)62-46-41-58(42-47-62)54-23-8-3-9-24-54/h2-49,51H,1,50H2/b38-37-,59-49+. The first kappa shape index (κ1) is 45.1. The third-order valence-corrected chi connectivity index (χ3v) is 16.5. The summed E-state index contributed by atoms with van der Waals surface area (Å²) in [7, 11) is 0. The number of fused-ring (bicyclic) bond motifs is 13. The van der Waals surface area contributed by atoms with Crippen molar-refractivity contribution in [2.75, 3.05) is 4.90 Å². The van der Waals surface area contributed by atoms with E-state index >= 15 is 0 Å². The highest BCUT2D eigenvalue weighted by Crippen LogP contribution is 2.64. The predicted octanol–water partition coefficient (Wildman–Crippen LogP) is 19.4. The van der Waals surface area contributed by atoms with E-state index in [1.807, 2.05) is 0 Å². The molecule has 0 fully saturated rings. The Hall–Kier alpha value is -9.56. The zero-order valence-electron chi connectivity index (χ0n) is 42.2. The molecule has 0 saturated carbocycles. The van der Waals surface area contributed by atoms with Crippen molar-refractivity contribution in [1.82, 2.24) is 0 Å². The van der Waals surface area contributed by atoms with Crippen molar-refractivity contribution in [3.8, 4) is 55.6 Å². The van der Waals surface area contributed by atoms with Crippen molar-refractivity contribution in [1.29, 1.82) is 0 Å². The zero-order valence-corrected chi connectivity index (χ0v) is 42.2. The minimum atomic E-state index is -0.733. The fourth-order valence-corrected chi connectivity index (χ4v) is 13.1. The Kier molecular flexibility index (Phi) is 10.9. The van der Waals surface area contributed by atoms with E-state index in [-0.39, 0.29) is 0 Å². The quantitative estimate of drug-likeness (QED) is 0.154. The van der Waals surface area contributed by atoms with Crippen molar-refractivity contribution >= 4 is 22.6 Å². The Balaban J connectivity index is 1.09.